The van der Waals surface area contributed by atoms with E-state index in [-0.39, 0.29) is 22.8 Å². The molecule has 0 spiro atoms. The number of hydrogen-bond donors (Lipinski definition) is 1. The summed E-state index contributed by atoms with van der Waals surface area (Å²) >= 11 is 0. The lowest BCUT2D eigenvalue weighted by atomic mass is 10.1. The van der Waals surface area contributed by atoms with Crippen LogP contribution in [0.4, 0.5) is 5.69 Å². The van der Waals surface area contributed by atoms with Crippen molar-refractivity contribution in [3.05, 3.63) is 39.9 Å². The average Bonchev–Trinajstić information content (AvgIpc) is 2.68. The lowest BCUT2D eigenvalue weighted by Gasteiger charge is -2.10. The van der Waals surface area contributed by atoms with Crippen molar-refractivity contribution in [2.45, 2.75) is 12.5 Å². The zero-order chi connectivity index (χ0) is 14.0. The van der Waals surface area contributed by atoms with Crippen LogP contribution in [0.25, 0.3) is 0 Å². The van der Waals surface area contributed by atoms with E-state index in [2.05, 4.69) is 5.32 Å². The molecule has 1 aliphatic heterocycles. The predicted octanol–water partition coefficient (Wildman–Crippen LogP) is 0.512. The second-order valence-electron chi connectivity index (χ2n) is 4.38. The maximum absolute atomic E-state index is 11.9. The third-order valence-electron chi connectivity index (χ3n) is 2.89. The first-order chi connectivity index (χ1) is 8.87. The van der Waals surface area contributed by atoms with Gasteiger partial charge in [0, 0.05) is 23.7 Å². The van der Waals surface area contributed by atoms with Gasteiger partial charge >= 0.3 is 0 Å². The number of hydrogen-bond acceptors (Lipinski definition) is 5. The van der Waals surface area contributed by atoms with E-state index in [1.165, 1.54) is 24.3 Å². The second kappa shape index (κ2) is 4.96. The third-order valence-corrected chi connectivity index (χ3v) is 4.65. The van der Waals surface area contributed by atoms with Crippen LogP contribution in [0, 0.1) is 10.1 Å². The van der Waals surface area contributed by atoms with Gasteiger partial charge < -0.3 is 5.32 Å². The van der Waals surface area contributed by atoms with Crippen LogP contribution in [0.1, 0.15) is 16.8 Å². The van der Waals surface area contributed by atoms with Crippen LogP contribution in [0.5, 0.6) is 0 Å². The Balaban J connectivity index is 2.08. The molecular formula is C11H12N2O5S. The van der Waals surface area contributed by atoms with E-state index >= 15 is 0 Å². The Hall–Kier alpha value is -1.96. The highest BCUT2D eigenvalue weighted by atomic mass is 32.2. The fraction of sp³-hybridized carbons (Fsp3) is 0.364. The minimum absolute atomic E-state index is 0.0624. The van der Waals surface area contributed by atoms with Gasteiger partial charge in [0.05, 0.1) is 16.4 Å². The molecule has 0 aromatic heterocycles. The van der Waals surface area contributed by atoms with Gasteiger partial charge in [0.1, 0.15) is 0 Å². The van der Waals surface area contributed by atoms with Gasteiger partial charge in [-0.3, -0.25) is 14.9 Å². The fourth-order valence-electron chi connectivity index (χ4n) is 1.94. The number of nitrogens with zero attached hydrogens (tertiary/aromatic N) is 1. The number of non-ortho nitro benzene ring substituents is 1. The molecule has 1 heterocycles. The van der Waals surface area contributed by atoms with Crippen molar-refractivity contribution < 1.29 is 18.1 Å². The summed E-state index contributed by atoms with van der Waals surface area (Å²) in [7, 11) is -3.07. The van der Waals surface area contributed by atoms with Crippen LogP contribution in [0.2, 0.25) is 0 Å². The average molecular weight is 284 g/mol. The monoisotopic (exact) mass is 284 g/mol. The van der Waals surface area contributed by atoms with E-state index in [9.17, 15) is 23.3 Å². The van der Waals surface area contributed by atoms with Gasteiger partial charge in [-0.1, -0.05) is 6.07 Å². The SMILES string of the molecule is O=C(NC1CCS(=O)(=O)C1)c1cccc([N+](=O)[O-])c1. The van der Waals surface area contributed by atoms with Gasteiger partial charge in [0.2, 0.25) is 0 Å². The quantitative estimate of drug-likeness (QED) is 0.643. The standard InChI is InChI=1S/C11H12N2O5S/c14-11(12-9-4-5-19(17,18)7-9)8-2-1-3-10(6-8)13(15)16/h1-3,6,9H,4-5,7H2,(H,12,14). The molecule has 0 aliphatic carbocycles. The summed E-state index contributed by atoms with van der Waals surface area (Å²) in [4.78, 5) is 21.9. The second-order valence-corrected chi connectivity index (χ2v) is 6.61. The van der Waals surface area contributed by atoms with Gasteiger partial charge in [-0.2, -0.15) is 0 Å². The molecule has 102 valence electrons. The van der Waals surface area contributed by atoms with Crippen molar-refractivity contribution in [2.75, 3.05) is 11.5 Å². The molecule has 1 aliphatic rings. The molecule has 1 aromatic rings. The van der Waals surface area contributed by atoms with Crippen LogP contribution in [0.3, 0.4) is 0 Å². The number of rotatable bonds is 3. The van der Waals surface area contributed by atoms with Crippen molar-refractivity contribution in [1.82, 2.24) is 5.32 Å². The van der Waals surface area contributed by atoms with Crippen LogP contribution < -0.4 is 5.32 Å². The summed E-state index contributed by atoms with van der Waals surface area (Å²) < 4.78 is 22.5. The highest BCUT2D eigenvalue weighted by molar-refractivity contribution is 7.91. The summed E-state index contributed by atoms with van der Waals surface area (Å²) in [6, 6.07) is 4.90. The minimum atomic E-state index is -3.07. The summed E-state index contributed by atoms with van der Waals surface area (Å²) in [6.45, 7) is 0. The number of carbonyl (C=O) groups excluding carboxylic acids is 1. The summed E-state index contributed by atoms with van der Waals surface area (Å²) in [5.74, 6) is -0.508. The van der Waals surface area contributed by atoms with Crippen molar-refractivity contribution in [3.8, 4) is 0 Å². The van der Waals surface area contributed by atoms with Crippen molar-refractivity contribution >= 4 is 21.4 Å². The first kappa shape index (κ1) is 13.5. The molecule has 1 N–H and O–H groups in total. The molecule has 1 fully saturated rings. The molecule has 1 saturated heterocycles. The van der Waals surface area contributed by atoms with E-state index < -0.39 is 26.7 Å². The highest BCUT2D eigenvalue weighted by Gasteiger charge is 2.29. The Labute approximate surface area is 109 Å². The van der Waals surface area contributed by atoms with E-state index in [0.717, 1.165) is 0 Å². The largest absolute Gasteiger partial charge is 0.348 e. The maximum Gasteiger partial charge on any atom is 0.270 e. The van der Waals surface area contributed by atoms with E-state index in [0.29, 0.717) is 6.42 Å². The van der Waals surface area contributed by atoms with E-state index in [1.54, 1.807) is 0 Å². The van der Waals surface area contributed by atoms with Gasteiger partial charge in [0.25, 0.3) is 11.6 Å². The molecule has 0 bridgehead atoms. The molecule has 19 heavy (non-hydrogen) atoms. The van der Waals surface area contributed by atoms with Crippen molar-refractivity contribution in [1.29, 1.82) is 0 Å². The molecular weight excluding hydrogens is 272 g/mol. The number of sulfone groups is 1. The molecule has 0 saturated carbocycles. The van der Waals surface area contributed by atoms with Crippen LogP contribution >= 0.6 is 0 Å². The number of amides is 1. The molecule has 8 heteroatoms. The van der Waals surface area contributed by atoms with Crippen LogP contribution in [-0.4, -0.2) is 36.8 Å². The molecule has 1 aromatic carbocycles. The van der Waals surface area contributed by atoms with Crippen LogP contribution in [-0.2, 0) is 9.84 Å². The van der Waals surface area contributed by atoms with Crippen LogP contribution in [0.15, 0.2) is 24.3 Å². The highest BCUT2D eigenvalue weighted by Crippen LogP contribution is 2.15. The number of nitro benzene ring substituents is 1. The van der Waals surface area contributed by atoms with Crippen molar-refractivity contribution in [3.63, 3.8) is 0 Å². The number of nitro groups is 1. The predicted molar refractivity (Wildman–Crippen MR) is 67.6 cm³/mol. The third kappa shape index (κ3) is 3.28. The summed E-state index contributed by atoms with van der Waals surface area (Å²) in [5.41, 5.74) is -0.0230. The molecule has 1 amide bonds. The first-order valence-corrected chi connectivity index (χ1v) is 7.45. The molecule has 2 rings (SSSR count). The number of carbonyl (C=O) groups is 1. The van der Waals surface area contributed by atoms with E-state index in [1.807, 2.05) is 0 Å². The first-order valence-electron chi connectivity index (χ1n) is 5.63. The molecule has 7 nitrogen and oxygen atoms in total. The normalized spacial score (nSPS) is 20.9. The molecule has 1 atom stereocenters. The zero-order valence-electron chi connectivity index (χ0n) is 9.90. The van der Waals surface area contributed by atoms with E-state index in [4.69, 9.17) is 0 Å². The van der Waals surface area contributed by atoms with Gasteiger partial charge in [-0.25, -0.2) is 8.42 Å². The molecule has 1 unspecified atom stereocenters. The Bertz CT molecular complexity index is 626. The zero-order valence-corrected chi connectivity index (χ0v) is 10.7. The fourth-order valence-corrected chi connectivity index (χ4v) is 3.61. The summed E-state index contributed by atoms with van der Waals surface area (Å²) in [5, 5.41) is 13.2. The smallest absolute Gasteiger partial charge is 0.270 e. The Morgan fingerprint density at radius 1 is 1.42 bits per heavy atom. The Kier molecular flexibility index (Phi) is 3.52. The van der Waals surface area contributed by atoms with Gasteiger partial charge in [-0.05, 0) is 12.5 Å². The maximum atomic E-state index is 11.9. The summed E-state index contributed by atoms with van der Waals surface area (Å²) in [6.07, 6.45) is 0.378. The minimum Gasteiger partial charge on any atom is -0.348 e. The van der Waals surface area contributed by atoms with Gasteiger partial charge in [-0.15, -0.1) is 0 Å². The molecule has 0 radical (unpaired) electrons. The Morgan fingerprint density at radius 2 is 2.16 bits per heavy atom. The number of benzene rings is 1. The van der Waals surface area contributed by atoms with Gasteiger partial charge in [0.15, 0.2) is 9.84 Å². The topological polar surface area (TPSA) is 106 Å². The Morgan fingerprint density at radius 3 is 2.74 bits per heavy atom. The van der Waals surface area contributed by atoms with Crippen molar-refractivity contribution in [2.24, 2.45) is 0 Å². The lowest BCUT2D eigenvalue weighted by Crippen LogP contribution is -2.35. The number of nitrogens with one attached hydrogen (secondary N) is 1. The lowest BCUT2D eigenvalue weighted by molar-refractivity contribution is -0.384.